The molecule has 140 valence electrons. The molecule has 0 spiro atoms. The lowest BCUT2D eigenvalue weighted by molar-refractivity contribution is -0.690. The van der Waals surface area contributed by atoms with Gasteiger partial charge in [-0.05, 0) is 37.3 Å². The number of carbonyl (C=O) groups excluding carboxylic acids is 2. The van der Waals surface area contributed by atoms with Crippen molar-refractivity contribution in [3.05, 3.63) is 48.0 Å². The van der Waals surface area contributed by atoms with Crippen molar-refractivity contribution in [2.45, 2.75) is 25.9 Å². The summed E-state index contributed by atoms with van der Waals surface area (Å²) < 4.78 is 16.1. The van der Waals surface area contributed by atoms with Gasteiger partial charge in [-0.1, -0.05) is 6.07 Å². The van der Waals surface area contributed by atoms with E-state index in [-0.39, 0.29) is 25.0 Å². The first-order chi connectivity index (χ1) is 13.2. The van der Waals surface area contributed by atoms with Crippen molar-refractivity contribution in [1.29, 1.82) is 0 Å². The van der Waals surface area contributed by atoms with Crippen LogP contribution in [0.1, 0.15) is 18.9 Å². The predicted molar refractivity (Wildman–Crippen MR) is 96.7 cm³/mol. The van der Waals surface area contributed by atoms with E-state index in [1.54, 1.807) is 24.3 Å². The summed E-state index contributed by atoms with van der Waals surface area (Å²) >= 11 is 0. The molecule has 1 atom stereocenters. The van der Waals surface area contributed by atoms with Gasteiger partial charge in [-0.3, -0.25) is 9.59 Å². The summed E-state index contributed by atoms with van der Waals surface area (Å²) in [5.41, 5.74) is 1.56. The molecule has 1 saturated heterocycles. The van der Waals surface area contributed by atoms with Crippen molar-refractivity contribution in [3.8, 4) is 17.2 Å². The topological polar surface area (TPSA) is 81.7 Å². The fourth-order valence-electron chi connectivity index (χ4n) is 3.34. The molecule has 2 amide bonds. The largest absolute Gasteiger partial charge is 0.494 e. The number of imide groups is 1. The molecule has 2 aromatic carbocycles. The molecule has 2 aliphatic heterocycles. The third kappa shape index (κ3) is 3.46. The second kappa shape index (κ2) is 7.28. The van der Waals surface area contributed by atoms with E-state index in [4.69, 9.17) is 14.2 Å². The minimum atomic E-state index is -0.432. The van der Waals surface area contributed by atoms with E-state index in [0.717, 1.165) is 11.3 Å². The Balaban J connectivity index is 1.44. The van der Waals surface area contributed by atoms with Crippen LogP contribution in [0, 0.1) is 0 Å². The summed E-state index contributed by atoms with van der Waals surface area (Å²) in [6.07, 6.45) is 0.183. The molecule has 4 rings (SSSR count). The highest BCUT2D eigenvalue weighted by atomic mass is 16.7. The van der Waals surface area contributed by atoms with E-state index in [1.165, 1.54) is 4.90 Å². The van der Waals surface area contributed by atoms with E-state index in [9.17, 15) is 9.59 Å². The fourth-order valence-corrected chi connectivity index (χ4v) is 3.34. The third-order valence-electron chi connectivity index (χ3n) is 4.64. The number of rotatable bonds is 6. The molecular formula is C20H21N2O5+. The van der Waals surface area contributed by atoms with Crippen LogP contribution in [-0.4, -0.2) is 31.3 Å². The quantitative estimate of drug-likeness (QED) is 0.774. The van der Waals surface area contributed by atoms with Gasteiger partial charge in [0.2, 0.25) is 12.7 Å². The first-order valence-corrected chi connectivity index (χ1v) is 8.97. The van der Waals surface area contributed by atoms with E-state index in [2.05, 4.69) is 0 Å². The molecule has 0 unspecified atom stereocenters. The van der Waals surface area contributed by atoms with Crippen LogP contribution in [0.3, 0.4) is 0 Å². The van der Waals surface area contributed by atoms with Crippen LogP contribution in [0.25, 0.3) is 0 Å². The third-order valence-corrected chi connectivity index (χ3v) is 4.64. The molecule has 1 fully saturated rings. The number of nitrogens with zero attached hydrogens (tertiary/aromatic N) is 1. The molecule has 2 N–H and O–H groups in total. The van der Waals surface area contributed by atoms with Gasteiger partial charge in [0, 0.05) is 11.6 Å². The van der Waals surface area contributed by atoms with E-state index >= 15 is 0 Å². The van der Waals surface area contributed by atoms with Crippen LogP contribution in [0.5, 0.6) is 17.2 Å². The standard InChI is InChI=1S/C20H20N2O5/c1-2-25-15-5-3-4-14(9-15)22-19(23)10-16(20(22)24)21-11-13-6-7-17-18(8-13)27-12-26-17/h3-9,16,21H,2,10-12H2,1H3/p+1/t16-/m0/s1. The molecule has 27 heavy (non-hydrogen) atoms. The number of quaternary nitrogens is 1. The van der Waals surface area contributed by atoms with Gasteiger partial charge < -0.3 is 19.5 Å². The number of benzene rings is 2. The first kappa shape index (κ1) is 17.4. The van der Waals surface area contributed by atoms with Crippen molar-refractivity contribution in [1.82, 2.24) is 0 Å². The van der Waals surface area contributed by atoms with Crippen LogP contribution in [0.4, 0.5) is 5.69 Å². The minimum Gasteiger partial charge on any atom is -0.494 e. The molecule has 0 aliphatic carbocycles. The molecule has 7 nitrogen and oxygen atoms in total. The first-order valence-electron chi connectivity index (χ1n) is 8.97. The van der Waals surface area contributed by atoms with Gasteiger partial charge >= 0.3 is 0 Å². The Morgan fingerprint density at radius 3 is 2.85 bits per heavy atom. The Kier molecular flexibility index (Phi) is 4.68. The number of fused-ring (bicyclic) bond motifs is 1. The van der Waals surface area contributed by atoms with E-state index in [1.807, 2.05) is 30.4 Å². The maximum absolute atomic E-state index is 12.8. The zero-order valence-corrected chi connectivity index (χ0v) is 15.0. The maximum Gasteiger partial charge on any atom is 0.292 e. The number of anilines is 1. The maximum atomic E-state index is 12.8. The highest BCUT2D eigenvalue weighted by Gasteiger charge is 2.42. The molecule has 0 bridgehead atoms. The molecule has 2 heterocycles. The van der Waals surface area contributed by atoms with Gasteiger partial charge in [0.1, 0.15) is 12.3 Å². The van der Waals surface area contributed by atoms with Crippen LogP contribution in [-0.2, 0) is 16.1 Å². The number of carbonyl (C=O) groups is 2. The average molecular weight is 369 g/mol. The van der Waals surface area contributed by atoms with Crippen molar-refractivity contribution < 1.29 is 29.1 Å². The van der Waals surface area contributed by atoms with Crippen LogP contribution in [0.15, 0.2) is 42.5 Å². The van der Waals surface area contributed by atoms with Crippen LogP contribution in [0.2, 0.25) is 0 Å². The molecule has 0 aromatic heterocycles. The second-order valence-electron chi connectivity index (χ2n) is 6.44. The van der Waals surface area contributed by atoms with Gasteiger partial charge in [0.25, 0.3) is 5.91 Å². The van der Waals surface area contributed by atoms with Gasteiger partial charge in [-0.25, -0.2) is 4.90 Å². The predicted octanol–water partition coefficient (Wildman–Crippen LogP) is 1.21. The second-order valence-corrected chi connectivity index (χ2v) is 6.44. The Hall–Kier alpha value is -3.06. The summed E-state index contributed by atoms with van der Waals surface area (Å²) in [6.45, 7) is 3.22. The summed E-state index contributed by atoms with van der Waals surface area (Å²) in [4.78, 5) is 26.5. The van der Waals surface area contributed by atoms with Crippen molar-refractivity contribution in [2.24, 2.45) is 0 Å². The number of amides is 2. The normalized spacial score (nSPS) is 18.3. The van der Waals surface area contributed by atoms with Gasteiger partial charge in [0.15, 0.2) is 17.5 Å². The average Bonchev–Trinajstić information content (AvgIpc) is 3.24. The zero-order valence-electron chi connectivity index (χ0n) is 15.0. The minimum absolute atomic E-state index is 0.183. The Morgan fingerprint density at radius 2 is 2.00 bits per heavy atom. The highest BCUT2D eigenvalue weighted by Crippen LogP contribution is 2.32. The molecule has 0 saturated carbocycles. The van der Waals surface area contributed by atoms with Crippen LogP contribution < -0.4 is 24.4 Å². The molecule has 0 radical (unpaired) electrons. The molecule has 7 heteroatoms. The molecule has 2 aromatic rings. The van der Waals surface area contributed by atoms with Gasteiger partial charge in [-0.15, -0.1) is 0 Å². The van der Waals surface area contributed by atoms with E-state index < -0.39 is 6.04 Å². The fraction of sp³-hybridized carbons (Fsp3) is 0.300. The Morgan fingerprint density at radius 1 is 1.15 bits per heavy atom. The summed E-state index contributed by atoms with van der Waals surface area (Å²) in [6, 6.07) is 12.3. The number of hydrogen-bond acceptors (Lipinski definition) is 5. The lowest BCUT2D eigenvalue weighted by Crippen LogP contribution is -2.90. The van der Waals surface area contributed by atoms with E-state index in [0.29, 0.717) is 30.3 Å². The summed E-state index contributed by atoms with van der Waals surface area (Å²) in [5, 5.41) is 1.89. The number of nitrogens with two attached hydrogens (primary N) is 1. The number of ether oxygens (including phenoxy) is 3. The number of hydrogen-bond donors (Lipinski definition) is 1. The van der Waals surface area contributed by atoms with Gasteiger partial charge in [-0.2, -0.15) is 0 Å². The molecule has 2 aliphatic rings. The SMILES string of the molecule is CCOc1cccc(N2C(=O)C[C@H]([NH2+]Cc3ccc4c(c3)OCO4)C2=O)c1. The van der Waals surface area contributed by atoms with Crippen molar-refractivity contribution >= 4 is 17.5 Å². The smallest absolute Gasteiger partial charge is 0.292 e. The van der Waals surface area contributed by atoms with Crippen LogP contribution >= 0.6 is 0 Å². The lowest BCUT2D eigenvalue weighted by atomic mass is 10.1. The summed E-state index contributed by atoms with van der Waals surface area (Å²) in [7, 11) is 0. The Labute approximate surface area is 156 Å². The summed E-state index contributed by atoms with van der Waals surface area (Å²) in [5.74, 6) is 1.69. The lowest BCUT2D eigenvalue weighted by Gasteiger charge is -2.15. The zero-order chi connectivity index (χ0) is 18.8. The van der Waals surface area contributed by atoms with Gasteiger partial charge in [0.05, 0.1) is 18.7 Å². The highest BCUT2D eigenvalue weighted by molar-refractivity contribution is 6.21. The van der Waals surface area contributed by atoms with Crippen molar-refractivity contribution in [2.75, 3.05) is 18.3 Å². The monoisotopic (exact) mass is 369 g/mol. The Bertz CT molecular complexity index is 882. The van der Waals surface area contributed by atoms with Crippen molar-refractivity contribution in [3.63, 3.8) is 0 Å². The molecular weight excluding hydrogens is 348 g/mol.